The predicted octanol–water partition coefficient (Wildman–Crippen LogP) is 1.72. The van der Waals surface area contributed by atoms with Crippen molar-refractivity contribution in [3.8, 4) is 0 Å². The maximum Gasteiger partial charge on any atom is 0.309 e. The van der Waals surface area contributed by atoms with E-state index in [1.807, 2.05) is 30.3 Å². The summed E-state index contributed by atoms with van der Waals surface area (Å²) >= 11 is 0. The highest BCUT2D eigenvalue weighted by Gasteiger charge is 2.33. The third-order valence-electron chi connectivity index (χ3n) is 2.81. The topological polar surface area (TPSA) is 46.5 Å². The van der Waals surface area contributed by atoms with E-state index in [1.54, 1.807) is 0 Å². The van der Waals surface area contributed by atoms with Crippen molar-refractivity contribution in [2.24, 2.45) is 5.92 Å². The number of carboxylic acid groups (broad SMARTS) is 1. The highest BCUT2D eigenvalue weighted by molar-refractivity contribution is 5.71. The molecule has 1 N–H and O–H groups in total. The van der Waals surface area contributed by atoms with Gasteiger partial charge in [-0.05, 0) is 18.4 Å². The molecule has 15 heavy (non-hydrogen) atoms. The Bertz CT molecular complexity index is 334. The van der Waals surface area contributed by atoms with Gasteiger partial charge in [-0.1, -0.05) is 30.3 Å². The highest BCUT2D eigenvalue weighted by atomic mass is 16.5. The van der Waals surface area contributed by atoms with Crippen molar-refractivity contribution in [2.75, 3.05) is 6.61 Å². The fourth-order valence-corrected chi connectivity index (χ4v) is 1.98. The molecule has 0 aromatic heterocycles. The molecule has 0 amide bonds. The fraction of sp³-hybridized carbons (Fsp3) is 0.417. The monoisotopic (exact) mass is 206 g/mol. The summed E-state index contributed by atoms with van der Waals surface area (Å²) in [5.41, 5.74) is 1.13. The van der Waals surface area contributed by atoms with Gasteiger partial charge in [0.15, 0.2) is 0 Å². The third kappa shape index (κ3) is 2.36. The Hall–Kier alpha value is -1.35. The van der Waals surface area contributed by atoms with E-state index in [0.717, 1.165) is 5.56 Å². The van der Waals surface area contributed by atoms with E-state index in [0.29, 0.717) is 19.4 Å². The zero-order valence-corrected chi connectivity index (χ0v) is 8.43. The summed E-state index contributed by atoms with van der Waals surface area (Å²) in [7, 11) is 0. The summed E-state index contributed by atoms with van der Waals surface area (Å²) in [5, 5.41) is 8.98. The quantitative estimate of drug-likeness (QED) is 0.819. The molecule has 0 bridgehead atoms. The normalized spacial score (nSPS) is 25.3. The van der Waals surface area contributed by atoms with Crippen molar-refractivity contribution < 1.29 is 14.6 Å². The smallest absolute Gasteiger partial charge is 0.309 e. The first-order valence-corrected chi connectivity index (χ1v) is 5.15. The third-order valence-corrected chi connectivity index (χ3v) is 2.81. The second-order valence-electron chi connectivity index (χ2n) is 3.83. The molecule has 1 heterocycles. The van der Waals surface area contributed by atoms with Gasteiger partial charge in [0.1, 0.15) is 0 Å². The minimum atomic E-state index is -0.742. The first-order chi connectivity index (χ1) is 7.27. The molecule has 1 aromatic rings. The molecule has 3 heteroatoms. The first-order valence-electron chi connectivity index (χ1n) is 5.15. The van der Waals surface area contributed by atoms with Gasteiger partial charge in [0, 0.05) is 6.61 Å². The number of carbonyl (C=O) groups is 1. The van der Waals surface area contributed by atoms with Crippen molar-refractivity contribution in [3.05, 3.63) is 35.9 Å². The van der Waals surface area contributed by atoms with Crippen LogP contribution in [0.25, 0.3) is 0 Å². The van der Waals surface area contributed by atoms with Crippen LogP contribution in [0.5, 0.6) is 0 Å². The number of benzene rings is 1. The molecule has 2 rings (SSSR count). The zero-order chi connectivity index (χ0) is 10.7. The number of rotatable bonds is 3. The largest absolute Gasteiger partial charge is 0.481 e. The highest BCUT2D eigenvalue weighted by Crippen LogP contribution is 2.24. The van der Waals surface area contributed by atoms with Crippen LogP contribution >= 0.6 is 0 Å². The van der Waals surface area contributed by atoms with E-state index in [2.05, 4.69) is 0 Å². The summed E-state index contributed by atoms with van der Waals surface area (Å²) in [5.74, 6) is -1.08. The lowest BCUT2D eigenvalue weighted by Crippen LogP contribution is -2.25. The molecule has 2 unspecified atom stereocenters. The lowest BCUT2D eigenvalue weighted by molar-refractivity contribution is -0.143. The van der Waals surface area contributed by atoms with E-state index in [-0.39, 0.29) is 12.0 Å². The Kier molecular flexibility index (Phi) is 3.02. The SMILES string of the molecule is O=C(O)C1CCOC1Cc1ccccc1. The molecular formula is C12H14O3. The van der Waals surface area contributed by atoms with Crippen LogP contribution in [0.4, 0.5) is 0 Å². The summed E-state index contributed by atoms with van der Waals surface area (Å²) in [6.45, 7) is 0.564. The van der Waals surface area contributed by atoms with E-state index in [4.69, 9.17) is 9.84 Å². The maximum atomic E-state index is 10.9. The summed E-state index contributed by atoms with van der Waals surface area (Å²) < 4.78 is 5.45. The molecule has 80 valence electrons. The van der Waals surface area contributed by atoms with Crippen LogP contribution in [0.2, 0.25) is 0 Å². The first kappa shape index (κ1) is 10.2. The molecule has 3 nitrogen and oxygen atoms in total. The molecule has 1 fully saturated rings. The fourth-order valence-electron chi connectivity index (χ4n) is 1.98. The minimum Gasteiger partial charge on any atom is -0.481 e. The molecule has 1 aliphatic rings. The molecule has 1 saturated heterocycles. The second-order valence-corrected chi connectivity index (χ2v) is 3.83. The van der Waals surface area contributed by atoms with Crippen molar-refractivity contribution >= 4 is 5.97 Å². The van der Waals surface area contributed by atoms with Crippen LogP contribution in [0.1, 0.15) is 12.0 Å². The number of aliphatic carboxylic acids is 1. The zero-order valence-electron chi connectivity index (χ0n) is 8.43. The lowest BCUT2D eigenvalue weighted by Gasteiger charge is -2.14. The summed E-state index contributed by atoms with van der Waals surface area (Å²) in [6.07, 6.45) is 1.16. The Balaban J connectivity index is 2.03. The van der Waals surface area contributed by atoms with Crippen LogP contribution in [-0.4, -0.2) is 23.8 Å². The Labute approximate surface area is 88.7 Å². The van der Waals surface area contributed by atoms with Gasteiger partial charge in [0.25, 0.3) is 0 Å². The Morgan fingerprint density at radius 2 is 2.13 bits per heavy atom. The Morgan fingerprint density at radius 3 is 2.80 bits per heavy atom. The minimum absolute atomic E-state index is 0.162. The second kappa shape index (κ2) is 4.45. The number of hydrogen-bond donors (Lipinski definition) is 1. The van der Waals surface area contributed by atoms with Gasteiger partial charge < -0.3 is 9.84 Å². The average molecular weight is 206 g/mol. The van der Waals surface area contributed by atoms with Crippen LogP contribution in [-0.2, 0) is 16.0 Å². The predicted molar refractivity (Wildman–Crippen MR) is 55.6 cm³/mol. The van der Waals surface area contributed by atoms with Gasteiger partial charge in [-0.2, -0.15) is 0 Å². The summed E-state index contributed by atoms with van der Waals surface area (Å²) in [6, 6.07) is 9.87. The maximum absolute atomic E-state index is 10.9. The van der Waals surface area contributed by atoms with Gasteiger partial charge in [-0.25, -0.2) is 0 Å². The van der Waals surface area contributed by atoms with E-state index in [9.17, 15) is 4.79 Å². The van der Waals surface area contributed by atoms with E-state index < -0.39 is 5.97 Å². The van der Waals surface area contributed by atoms with E-state index in [1.165, 1.54) is 0 Å². The van der Waals surface area contributed by atoms with Gasteiger partial charge >= 0.3 is 5.97 Å². The molecule has 0 spiro atoms. The van der Waals surface area contributed by atoms with Gasteiger partial charge in [0.05, 0.1) is 12.0 Å². The molecule has 0 saturated carbocycles. The molecule has 1 aromatic carbocycles. The number of ether oxygens (including phenoxy) is 1. The van der Waals surface area contributed by atoms with Crippen molar-refractivity contribution in [2.45, 2.75) is 18.9 Å². The number of carboxylic acids is 1. The molecular weight excluding hydrogens is 192 g/mol. The summed E-state index contributed by atoms with van der Waals surface area (Å²) in [4.78, 5) is 10.9. The molecule has 2 atom stereocenters. The van der Waals surface area contributed by atoms with E-state index >= 15 is 0 Å². The Morgan fingerprint density at radius 1 is 1.40 bits per heavy atom. The van der Waals surface area contributed by atoms with Gasteiger partial charge in [0.2, 0.25) is 0 Å². The molecule has 0 radical (unpaired) electrons. The van der Waals surface area contributed by atoms with Gasteiger partial charge in [-0.3, -0.25) is 4.79 Å². The average Bonchev–Trinajstić information content (AvgIpc) is 2.67. The molecule has 1 aliphatic heterocycles. The van der Waals surface area contributed by atoms with Crippen LogP contribution in [0, 0.1) is 5.92 Å². The van der Waals surface area contributed by atoms with Gasteiger partial charge in [-0.15, -0.1) is 0 Å². The standard InChI is InChI=1S/C12H14O3/c13-12(14)10-6-7-15-11(10)8-9-4-2-1-3-5-9/h1-5,10-11H,6-8H2,(H,13,14). The van der Waals surface area contributed by atoms with Crippen LogP contribution in [0.3, 0.4) is 0 Å². The lowest BCUT2D eigenvalue weighted by atomic mass is 9.96. The van der Waals surface area contributed by atoms with Crippen molar-refractivity contribution in [1.29, 1.82) is 0 Å². The van der Waals surface area contributed by atoms with Crippen molar-refractivity contribution in [3.63, 3.8) is 0 Å². The van der Waals surface area contributed by atoms with Crippen molar-refractivity contribution in [1.82, 2.24) is 0 Å². The molecule has 0 aliphatic carbocycles. The van der Waals surface area contributed by atoms with Crippen LogP contribution < -0.4 is 0 Å². The number of hydrogen-bond acceptors (Lipinski definition) is 2. The van der Waals surface area contributed by atoms with Crippen LogP contribution in [0.15, 0.2) is 30.3 Å².